The van der Waals surface area contributed by atoms with Gasteiger partial charge in [0.25, 0.3) is 0 Å². The van der Waals surface area contributed by atoms with Crippen LogP contribution >= 0.6 is 0 Å². The van der Waals surface area contributed by atoms with E-state index in [0.29, 0.717) is 6.42 Å². The first-order valence-electron chi connectivity index (χ1n) is 2.41. The van der Waals surface area contributed by atoms with E-state index in [1.807, 2.05) is 0 Å². The van der Waals surface area contributed by atoms with Crippen LogP contribution in [0.5, 0.6) is 0 Å². The smallest absolute Gasteiger partial charge is 0.303 e. The average Bonchev–Trinajstić information content (AvgIpc) is 1.66. The van der Waals surface area contributed by atoms with Crippen LogP contribution in [-0.2, 0) is 4.79 Å². The van der Waals surface area contributed by atoms with E-state index in [4.69, 9.17) is 10.2 Å². The Morgan fingerprint density at radius 3 is 2.62 bits per heavy atom. The molecule has 0 unspecified atom stereocenters. The summed E-state index contributed by atoms with van der Waals surface area (Å²) in [6.45, 7) is 0.0350. The van der Waals surface area contributed by atoms with Gasteiger partial charge in [-0.1, -0.05) is 0 Å². The van der Waals surface area contributed by atoms with Crippen molar-refractivity contribution >= 4 is 5.97 Å². The molecule has 0 spiro atoms. The van der Waals surface area contributed by atoms with Crippen LogP contribution in [0.4, 0.5) is 0 Å². The number of carbonyl (C=O) groups is 1. The number of hydrogen-bond donors (Lipinski definition) is 2. The zero-order valence-corrected chi connectivity index (χ0v) is 4.50. The fourth-order valence-corrected chi connectivity index (χ4v) is 0.317. The van der Waals surface area contributed by atoms with Gasteiger partial charge in [0, 0.05) is 13.0 Å². The summed E-state index contributed by atoms with van der Waals surface area (Å²) in [5.41, 5.74) is 0. The highest BCUT2D eigenvalue weighted by atomic mass is 16.4. The lowest BCUT2D eigenvalue weighted by Crippen LogP contribution is -1.95. The lowest BCUT2D eigenvalue weighted by atomic mass is 10.2. The van der Waals surface area contributed by atoms with Crippen LogP contribution in [0, 0.1) is 6.42 Å². The molecule has 0 atom stereocenters. The fourth-order valence-electron chi connectivity index (χ4n) is 0.317. The summed E-state index contributed by atoms with van der Waals surface area (Å²) < 4.78 is 0. The van der Waals surface area contributed by atoms with Crippen molar-refractivity contribution in [1.29, 1.82) is 0 Å². The molecule has 0 aromatic rings. The lowest BCUT2D eigenvalue weighted by molar-refractivity contribution is -0.136. The summed E-state index contributed by atoms with van der Waals surface area (Å²) >= 11 is 0. The molecular weight excluding hydrogens is 108 g/mol. The molecule has 0 heterocycles. The molecule has 0 rings (SSSR count). The van der Waals surface area contributed by atoms with Crippen molar-refractivity contribution < 1.29 is 15.0 Å². The third kappa shape index (κ3) is 5.43. The van der Waals surface area contributed by atoms with Crippen molar-refractivity contribution in [2.24, 2.45) is 0 Å². The Morgan fingerprint density at radius 2 is 2.25 bits per heavy atom. The summed E-state index contributed by atoms with van der Waals surface area (Å²) in [5, 5.41) is 16.2. The molecule has 47 valence electrons. The summed E-state index contributed by atoms with van der Waals surface area (Å²) in [4.78, 5) is 9.76. The molecule has 0 bridgehead atoms. The van der Waals surface area contributed by atoms with Gasteiger partial charge in [-0.2, -0.15) is 0 Å². The molecule has 0 aromatic heterocycles. The number of aliphatic hydroxyl groups excluding tert-OH is 1. The lowest BCUT2D eigenvalue weighted by Gasteiger charge is -1.89. The van der Waals surface area contributed by atoms with Gasteiger partial charge in [0.1, 0.15) is 0 Å². The van der Waals surface area contributed by atoms with Crippen molar-refractivity contribution in [3.8, 4) is 0 Å². The van der Waals surface area contributed by atoms with Crippen molar-refractivity contribution in [3.63, 3.8) is 0 Å². The maximum Gasteiger partial charge on any atom is 0.303 e. The number of hydrogen-bond acceptors (Lipinski definition) is 2. The van der Waals surface area contributed by atoms with Crippen molar-refractivity contribution in [3.05, 3.63) is 6.42 Å². The molecule has 0 aliphatic heterocycles. The molecule has 8 heavy (non-hydrogen) atoms. The van der Waals surface area contributed by atoms with Gasteiger partial charge in [-0.3, -0.25) is 4.79 Å². The van der Waals surface area contributed by atoms with E-state index < -0.39 is 5.97 Å². The molecule has 0 saturated carbocycles. The predicted octanol–water partition coefficient (Wildman–Crippen LogP) is 0.0478. The highest BCUT2D eigenvalue weighted by molar-refractivity contribution is 5.67. The SMILES string of the molecule is O=C(O)C[CH]CCO. The summed E-state index contributed by atoms with van der Waals surface area (Å²) in [6.07, 6.45) is 2.04. The highest BCUT2D eigenvalue weighted by Gasteiger charge is 1.93. The Bertz CT molecular complexity index is 70.1. The normalized spacial score (nSPS) is 9.12. The number of carboxylic acids is 1. The molecule has 0 aliphatic carbocycles. The molecular formula is C5H9O3. The van der Waals surface area contributed by atoms with Crippen molar-refractivity contribution in [2.75, 3.05) is 6.61 Å². The number of aliphatic hydroxyl groups is 1. The molecule has 0 aliphatic rings. The van der Waals surface area contributed by atoms with Crippen LogP contribution in [0.15, 0.2) is 0 Å². The van der Waals surface area contributed by atoms with E-state index in [9.17, 15) is 4.79 Å². The van der Waals surface area contributed by atoms with Gasteiger partial charge >= 0.3 is 5.97 Å². The Balaban J connectivity index is 2.82. The first-order valence-corrected chi connectivity index (χ1v) is 2.41. The number of unbranched alkanes of at least 4 members (excludes halogenated alkanes) is 1. The Kier molecular flexibility index (Phi) is 4.26. The molecule has 0 saturated heterocycles. The largest absolute Gasteiger partial charge is 0.481 e. The molecule has 0 fully saturated rings. The Hall–Kier alpha value is -0.570. The quantitative estimate of drug-likeness (QED) is 0.511. The maximum atomic E-state index is 9.76. The first kappa shape index (κ1) is 7.43. The van der Waals surface area contributed by atoms with Crippen molar-refractivity contribution in [1.82, 2.24) is 0 Å². The van der Waals surface area contributed by atoms with Crippen LogP contribution in [0.25, 0.3) is 0 Å². The van der Waals surface area contributed by atoms with Crippen molar-refractivity contribution in [2.45, 2.75) is 12.8 Å². The molecule has 3 heteroatoms. The number of carboxylic acid groups (broad SMARTS) is 1. The molecule has 0 amide bonds. The second kappa shape index (κ2) is 4.59. The zero-order chi connectivity index (χ0) is 6.41. The zero-order valence-electron chi connectivity index (χ0n) is 4.50. The summed E-state index contributed by atoms with van der Waals surface area (Å²) in [5.74, 6) is -0.849. The van der Waals surface area contributed by atoms with Crippen LogP contribution in [-0.4, -0.2) is 22.8 Å². The van der Waals surface area contributed by atoms with Crippen LogP contribution in [0.1, 0.15) is 12.8 Å². The standard InChI is InChI=1S/C5H9O3/c6-4-2-1-3-5(7)8/h1,6H,2-4H2,(H,7,8). The monoisotopic (exact) mass is 117 g/mol. The van der Waals surface area contributed by atoms with E-state index in [0.717, 1.165) is 0 Å². The second-order valence-corrected chi connectivity index (χ2v) is 1.40. The van der Waals surface area contributed by atoms with Crippen LogP contribution in [0.2, 0.25) is 0 Å². The number of rotatable bonds is 4. The second-order valence-electron chi connectivity index (χ2n) is 1.40. The van der Waals surface area contributed by atoms with Crippen LogP contribution < -0.4 is 0 Å². The van der Waals surface area contributed by atoms with Gasteiger partial charge in [-0.05, 0) is 12.8 Å². The summed E-state index contributed by atoms with van der Waals surface area (Å²) in [6, 6.07) is 0. The van der Waals surface area contributed by atoms with E-state index in [2.05, 4.69) is 0 Å². The van der Waals surface area contributed by atoms with E-state index >= 15 is 0 Å². The third-order valence-electron chi connectivity index (χ3n) is 0.652. The van der Waals surface area contributed by atoms with Gasteiger partial charge in [-0.15, -0.1) is 0 Å². The fraction of sp³-hybridized carbons (Fsp3) is 0.600. The van der Waals surface area contributed by atoms with Gasteiger partial charge in [-0.25, -0.2) is 0 Å². The highest BCUT2D eigenvalue weighted by Crippen LogP contribution is 1.90. The molecule has 0 aromatic carbocycles. The Labute approximate surface area is 47.9 Å². The maximum absolute atomic E-state index is 9.76. The minimum absolute atomic E-state index is 0.0350. The third-order valence-corrected chi connectivity index (χ3v) is 0.652. The van der Waals surface area contributed by atoms with E-state index in [1.54, 1.807) is 0 Å². The minimum Gasteiger partial charge on any atom is -0.481 e. The van der Waals surface area contributed by atoms with E-state index in [-0.39, 0.29) is 13.0 Å². The molecule has 2 N–H and O–H groups in total. The summed E-state index contributed by atoms with van der Waals surface area (Å²) in [7, 11) is 0. The molecule has 3 nitrogen and oxygen atoms in total. The average molecular weight is 117 g/mol. The predicted molar refractivity (Wildman–Crippen MR) is 28.3 cm³/mol. The first-order chi connectivity index (χ1) is 3.77. The Morgan fingerprint density at radius 1 is 1.62 bits per heavy atom. The van der Waals surface area contributed by atoms with Gasteiger partial charge in [0.05, 0.1) is 0 Å². The number of aliphatic carboxylic acids is 1. The van der Waals surface area contributed by atoms with E-state index in [1.165, 1.54) is 6.42 Å². The minimum atomic E-state index is -0.849. The topological polar surface area (TPSA) is 57.5 Å². The van der Waals surface area contributed by atoms with Gasteiger partial charge in [0.15, 0.2) is 0 Å². The van der Waals surface area contributed by atoms with Gasteiger partial charge < -0.3 is 10.2 Å². The molecule has 1 radical (unpaired) electrons. The van der Waals surface area contributed by atoms with Gasteiger partial charge in [0.2, 0.25) is 0 Å². The van der Waals surface area contributed by atoms with Crippen LogP contribution in [0.3, 0.4) is 0 Å².